The van der Waals surface area contributed by atoms with Gasteiger partial charge < -0.3 is 10.0 Å². The van der Waals surface area contributed by atoms with Crippen LogP contribution in [0.1, 0.15) is 45.6 Å². The van der Waals surface area contributed by atoms with Crippen LogP contribution in [0.4, 0.5) is 0 Å². The first kappa shape index (κ1) is 20.4. The summed E-state index contributed by atoms with van der Waals surface area (Å²) in [6.07, 6.45) is 1.92. The fraction of sp³-hybridized carbons (Fsp3) is 0.375. The molecule has 32 heavy (non-hydrogen) atoms. The molecule has 1 aromatic heterocycles. The Labute approximate surface area is 190 Å². The standard InChI is InChI=1S/C24H29N5O3/c1-4-5-10-21(30)29(22(16(2)3)24(31)32)15-17-11-13-18(14-12-17)19-8-6-7-9-20(19)23-25-27-28-26-23/h6-9,11-14,16,22H,4-5,10,15H2,1-3H3,(H,31,32)(H,25,26,27,28)/t22-/m0/s1/i/hD2. The third-order valence-corrected chi connectivity index (χ3v) is 5.38. The van der Waals surface area contributed by atoms with Gasteiger partial charge in [0.1, 0.15) is 6.04 Å². The van der Waals surface area contributed by atoms with Crippen LogP contribution in [0.2, 0.25) is 1.41 Å². The van der Waals surface area contributed by atoms with Crippen LogP contribution in [-0.2, 0) is 16.1 Å². The molecule has 0 saturated heterocycles. The van der Waals surface area contributed by atoms with Crippen LogP contribution in [0, 0.1) is 5.92 Å². The number of hydrogen-bond acceptors (Lipinski definition) is 6. The third-order valence-electron chi connectivity index (χ3n) is 5.38. The number of nitrogens with one attached hydrogen (secondary N) is 1. The summed E-state index contributed by atoms with van der Waals surface area (Å²) in [6, 6.07) is 14.4. The van der Waals surface area contributed by atoms with Crippen molar-refractivity contribution in [2.45, 2.75) is 52.6 Å². The molecule has 8 heteroatoms. The Morgan fingerprint density at radius 3 is 2.47 bits per heavy atom. The SMILES string of the molecule is [2H]OC(=O)[C@H](C(C)C)N(Cc1ccc(-c2ccccc2-c2nnnn2[2H])cc1)C(=O)CCCC. The van der Waals surface area contributed by atoms with Gasteiger partial charge in [-0.05, 0) is 39.5 Å². The number of carbonyl (C=O) groups is 2. The van der Waals surface area contributed by atoms with Crippen LogP contribution in [0.15, 0.2) is 48.5 Å². The number of rotatable bonds is 10. The highest BCUT2D eigenvalue weighted by Gasteiger charge is 2.32. The average Bonchev–Trinajstić information content (AvgIpc) is 3.27. The number of amides is 1. The van der Waals surface area contributed by atoms with Gasteiger partial charge in [-0.2, -0.15) is 0 Å². The maximum Gasteiger partial charge on any atom is 0.326 e. The molecule has 0 spiro atoms. The second kappa shape index (κ2) is 10.7. The van der Waals surface area contributed by atoms with Crippen LogP contribution in [0.3, 0.4) is 0 Å². The zero-order valence-corrected chi connectivity index (χ0v) is 18.6. The summed E-state index contributed by atoms with van der Waals surface area (Å²) in [7, 11) is 0. The van der Waals surface area contributed by atoms with Crippen LogP contribution in [0.5, 0.6) is 0 Å². The molecule has 0 saturated carbocycles. The molecular weight excluding hydrogens is 406 g/mol. The summed E-state index contributed by atoms with van der Waals surface area (Å²) >= 11 is 0. The van der Waals surface area contributed by atoms with Gasteiger partial charge in [-0.25, -0.2) is 9.89 Å². The number of tetrazole rings is 1. The summed E-state index contributed by atoms with van der Waals surface area (Å²) in [6.45, 7) is 5.90. The highest BCUT2D eigenvalue weighted by molar-refractivity contribution is 5.84. The molecule has 0 fully saturated rings. The van der Waals surface area contributed by atoms with Gasteiger partial charge in [0.05, 0.1) is 0 Å². The molecule has 1 amide bonds. The Kier molecular flexibility index (Phi) is 6.78. The van der Waals surface area contributed by atoms with Crippen molar-refractivity contribution < 1.29 is 16.1 Å². The van der Waals surface area contributed by atoms with E-state index in [-0.39, 0.29) is 18.4 Å². The van der Waals surface area contributed by atoms with Gasteiger partial charge in [-0.1, -0.05) is 75.7 Å². The largest absolute Gasteiger partial charge is 0.480 e. The fourth-order valence-electron chi connectivity index (χ4n) is 3.74. The Hall–Kier alpha value is -3.55. The summed E-state index contributed by atoms with van der Waals surface area (Å²) in [5.41, 5.74) is 3.34. The van der Waals surface area contributed by atoms with Crippen molar-refractivity contribution in [2.75, 3.05) is 0 Å². The van der Waals surface area contributed by atoms with E-state index in [0.29, 0.717) is 12.2 Å². The molecule has 0 unspecified atom stereocenters. The second-order valence-electron chi connectivity index (χ2n) is 8.08. The van der Waals surface area contributed by atoms with E-state index in [1.54, 1.807) is 0 Å². The molecule has 3 aromatic rings. The number of aromatic amines is 1. The van der Waals surface area contributed by atoms with E-state index in [2.05, 4.69) is 20.6 Å². The molecular formula is C24H29N5O3. The number of aliphatic carboxylic acids is 1. The minimum atomic E-state index is -0.835. The van der Waals surface area contributed by atoms with Gasteiger partial charge in [0.25, 0.3) is 1.43 Å². The molecule has 3 rings (SSSR count). The van der Waals surface area contributed by atoms with Crippen LogP contribution < -0.4 is 0 Å². The van der Waals surface area contributed by atoms with Gasteiger partial charge in [-0.3, -0.25) is 4.79 Å². The third kappa shape index (κ3) is 5.38. The Morgan fingerprint density at radius 1 is 1.16 bits per heavy atom. The zero-order chi connectivity index (χ0) is 24.7. The van der Waals surface area contributed by atoms with Crippen molar-refractivity contribution in [1.29, 1.82) is 1.43 Å². The summed E-state index contributed by atoms with van der Waals surface area (Å²) < 4.78 is 14.9. The van der Waals surface area contributed by atoms with Crippen molar-refractivity contribution in [3.63, 3.8) is 0 Å². The molecule has 0 aliphatic heterocycles. The molecule has 168 valence electrons. The fourth-order valence-corrected chi connectivity index (χ4v) is 3.74. The Balaban J connectivity index is 1.90. The van der Waals surface area contributed by atoms with E-state index >= 15 is 0 Å². The number of carboxylic acids is 1. The van der Waals surface area contributed by atoms with Gasteiger partial charge in [0.2, 0.25) is 5.91 Å². The van der Waals surface area contributed by atoms with Gasteiger partial charge in [-0.15, -0.1) is 5.10 Å². The van der Waals surface area contributed by atoms with E-state index < -0.39 is 12.0 Å². The molecule has 8 nitrogen and oxygen atoms in total. The van der Waals surface area contributed by atoms with Gasteiger partial charge in [0, 0.05) is 18.5 Å². The van der Waals surface area contributed by atoms with Crippen molar-refractivity contribution in [1.82, 2.24) is 25.5 Å². The van der Waals surface area contributed by atoms with Crippen molar-refractivity contribution >= 4 is 11.9 Å². The molecule has 0 aliphatic carbocycles. The van der Waals surface area contributed by atoms with E-state index in [4.69, 9.17) is 2.84 Å². The predicted molar refractivity (Wildman–Crippen MR) is 121 cm³/mol. The van der Waals surface area contributed by atoms with Crippen LogP contribution in [-0.4, -0.2) is 48.5 Å². The predicted octanol–water partition coefficient (Wildman–Crippen LogP) is 4.16. The number of carbonyl (C=O) groups excluding carboxylic acids is 1. The van der Waals surface area contributed by atoms with Crippen LogP contribution >= 0.6 is 0 Å². The van der Waals surface area contributed by atoms with Crippen molar-refractivity contribution in [3.05, 3.63) is 54.1 Å². The molecule has 0 bridgehead atoms. The Morgan fingerprint density at radius 2 is 1.88 bits per heavy atom. The highest BCUT2D eigenvalue weighted by Crippen LogP contribution is 2.30. The normalized spacial score (nSPS) is 12.8. The van der Waals surface area contributed by atoms with Crippen molar-refractivity contribution in [2.24, 2.45) is 5.92 Å². The van der Waals surface area contributed by atoms with E-state index in [1.165, 1.54) is 4.90 Å². The van der Waals surface area contributed by atoms with Gasteiger partial charge >= 0.3 is 5.97 Å². The molecule has 1 atom stereocenters. The lowest BCUT2D eigenvalue weighted by Crippen LogP contribution is -2.47. The zero-order valence-electron chi connectivity index (χ0n) is 20.6. The number of carboxylic acid groups (broad SMARTS) is 1. The lowest BCUT2D eigenvalue weighted by molar-refractivity contribution is -0.153. The Bertz CT molecular complexity index is 1120. The van der Waals surface area contributed by atoms with Gasteiger partial charge in [0.15, 0.2) is 7.24 Å². The maximum absolute atomic E-state index is 13.0. The first-order valence-corrected chi connectivity index (χ1v) is 10.8. The summed E-state index contributed by atoms with van der Waals surface area (Å²) in [4.78, 5) is 26.9. The minimum Gasteiger partial charge on any atom is -0.480 e. The lowest BCUT2D eigenvalue weighted by atomic mass is 9.97. The van der Waals surface area contributed by atoms with E-state index in [0.717, 1.165) is 40.2 Å². The lowest BCUT2D eigenvalue weighted by Gasteiger charge is -2.32. The molecule has 0 aliphatic rings. The maximum atomic E-state index is 13.0. The van der Waals surface area contributed by atoms with Crippen LogP contribution in [0.25, 0.3) is 23.9 Å². The molecule has 1 heterocycles. The smallest absolute Gasteiger partial charge is 0.326 e. The molecule has 2 N–H and O–H groups in total. The first-order chi connectivity index (χ1) is 16.4. The quantitative estimate of drug-likeness (QED) is 0.492. The summed E-state index contributed by atoms with van der Waals surface area (Å²) in [5, 5.41) is 16.2. The molecule has 0 radical (unpaired) electrons. The number of unbranched alkanes of at least 4 members (excludes halogenated alkanes) is 1. The topological polar surface area (TPSA) is 112 Å². The monoisotopic (exact) mass is 437 g/mol. The second-order valence-corrected chi connectivity index (χ2v) is 8.08. The number of benzene rings is 2. The number of aromatic nitrogens is 4. The van der Waals surface area contributed by atoms with E-state index in [9.17, 15) is 9.59 Å². The number of H-pyrrole nitrogens is 1. The van der Waals surface area contributed by atoms with E-state index in [1.807, 2.05) is 69.3 Å². The first-order valence-electron chi connectivity index (χ1n) is 11.7. The number of nitrogens with zero attached hydrogens (tertiary/aromatic N) is 4. The van der Waals surface area contributed by atoms with Crippen molar-refractivity contribution in [3.8, 4) is 22.5 Å². The minimum absolute atomic E-state index is 0.136. The average molecular weight is 438 g/mol. The number of hydrogen-bond donors (Lipinski definition) is 2. The molecule has 2 aromatic carbocycles. The summed E-state index contributed by atoms with van der Waals surface area (Å²) in [5.74, 6) is -0.743. The highest BCUT2D eigenvalue weighted by atomic mass is 16.4.